The van der Waals surface area contributed by atoms with Crippen LogP contribution >= 0.6 is 0 Å². The second-order valence-electron chi connectivity index (χ2n) is 5.87. The van der Waals surface area contributed by atoms with Crippen molar-refractivity contribution >= 4 is 0 Å². The predicted molar refractivity (Wildman–Crippen MR) is 87.6 cm³/mol. The van der Waals surface area contributed by atoms with Crippen LogP contribution < -0.4 is 4.74 Å². The molecule has 1 aliphatic carbocycles. The summed E-state index contributed by atoms with van der Waals surface area (Å²) < 4.78 is 19.1. The summed E-state index contributed by atoms with van der Waals surface area (Å²) in [5.74, 6) is 0.718. The van der Waals surface area contributed by atoms with Crippen LogP contribution in [-0.2, 0) is 5.41 Å². The van der Waals surface area contributed by atoms with E-state index in [-0.39, 0.29) is 11.2 Å². The SMILES string of the molecule is Fc1ccc(C2(CCOc3ccccc3)C=CCCC2)cc1. The van der Waals surface area contributed by atoms with Crippen molar-refractivity contribution in [2.75, 3.05) is 6.61 Å². The molecule has 0 N–H and O–H groups in total. The average molecular weight is 296 g/mol. The zero-order valence-electron chi connectivity index (χ0n) is 12.7. The molecule has 2 heteroatoms. The topological polar surface area (TPSA) is 9.23 Å². The Kier molecular flexibility index (Phi) is 4.57. The molecule has 3 rings (SSSR count). The standard InChI is InChI=1S/C20H21FO/c21-18-11-9-17(10-12-18)20(13-5-2-6-14-20)15-16-22-19-7-3-1-4-8-19/h1,3-5,7-13H,2,6,14-16H2. The van der Waals surface area contributed by atoms with Crippen molar-refractivity contribution in [2.24, 2.45) is 0 Å². The molecule has 2 aromatic carbocycles. The Balaban J connectivity index is 1.74. The van der Waals surface area contributed by atoms with Crippen molar-refractivity contribution in [3.63, 3.8) is 0 Å². The van der Waals surface area contributed by atoms with Gasteiger partial charge in [0.15, 0.2) is 0 Å². The number of para-hydroxylation sites is 1. The van der Waals surface area contributed by atoms with Crippen LogP contribution in [0.1, 0.15) is 31.2 Å². The zero-order valence-corrected chi connectivity index (χ0v) is 12.7. The summed E-state index contributed by atoms with van der Waals surface area (Å²) >= 11 is 0. The van der Waals surface area contributed by atoms with Crippen molar-refractivity contribution in [3.8, 4) is 5.75 Å². The lowest BCUT2D eigenvalue weighted by atomic mass is 9.71. The van der Waals surface area contributed by atoms with Gasteiger partial charge in [-0.05, 0) is 55.5 Å². The van der Waals surface area contributed by atoms with Gasteiger partial charge in [0.05, 0.1) is 6.61 Å². The van der Waals surface area contributed by atoms with Gasteiger partial charge in [-0.2, -0.15) is 0 Å². The second kappa shape index (κ2) is 6.78. The molecule has 0 spiro atoms. The maximum Gasteiger partial charge on any atom is 0.123 e. The molecule has 1 nitrogen and oxygen atoms in total. The van der Waals surface area contributed by atoms with Gasteiger partial charge in [0.2, 0.25) is 0 Å². The van der Waals surface area contributed by atoms with Gasteiger partial charge in [-0.15, -0.1) is 0 Å². The zero-order chi connectivity index (χ0) is 15.3. The summed E-state index contributed by atoms with van der Waals surface area (Å²) in [7, 11) is 0. The summed E-state index contributed by atoms with van der Waals surface area (Å²) in [6.45, 7) is 0.658. The molecule has 0 aromatic heterocycles. The van der Waals surface area contributed by atoms with Crippen LogP contribution in [0.5, 0.6) is 5.75 Å². The van der Waals surface area contributed by atoms with E-state index >= 15 is 0 Å². The number of halogens is 1. The summed E-state index contributed by atoms with van der Waals surface area (Å²) in [5.41, 5.74) is 1.15. The third-order valence-electron chi connectivity index (χ3n) is 4.41. The molecule has 0 amide bonds. The maximum atomic E-state index is 13.2. The number of allylic oxidation sites excluding steroid dienone is 2. The van der Waals surface area contributed by atoms with E-state index in [0.29, 0.717) is 6.61 Å². The fourth-order valence-electron chi connectivity index (χ4n) is 3.17. The number of benzene rings is 2. The van der Waals surface area contributed by atoms with Crippen LogP contribution in [-0.4, -0.2) is 6.61 Å². The van der Waals surface area contributed by atoms with Gasteiger partial charge in [0.25, 0.3) is 0 Å². The van der Waals surface area contributed by atoms with Crippen LogP contribution in [0.3, 0.4) is 0 Å². The third kappa shape index (κ3) is 3.38. The first-order valence-corrected chi connectivity index (χ1v) is 7.90. The highest BCUT2D eigenvalue weighted by Crippen LogP contribution is 2.38. The molecular formula is C20H21FO. The number of hydrogen-bond donors (Lipinski definition) is 0. The average Bonchev–Trinajstić information content (AvgIpc) is 2.57. The van der Waals surface area contributed by atoms with Crippen molar-refractivity contribution in [2.45, 2.75) is 31.1 Å². The predicted octanol–water partition coefficient (Wildman–Crippen LogP) is 5.27. The van der Waals surface area contributed by atoms with Gasteiger partial charge in [0, 0.05) is 5.41 Å². The van der Waals surface area contributed by atoms with Gasteiger partial charge < -0.3 is 4.74 Å². The van der Waals surface area contributed by atoms with Gasteiger partial charge in [-0.25, -0.2) is 4.39 Å². The van der Waals surface area contributed by atoms with Crippen LogP contribution in [0.2, 0.25) is 0 Å². The van der Waals surface area contributed by atoms with E-state index in [4.69, 9.17) is 4.74 Å². The first kappa shape index (κ1) is 14.8. The number of hydrogen-bond acceptors (Lipinski definition) is 1. The van der Waals surface area contributed by atoms with Gasteiger partial charge in [0.1, 0.15) is 11.6 Å². The number of ether oxygens (including phenoxy) is 1. The van der Waals surface area contributed by atoms with E-state index < -0.39 is 0 Å². The largest absolute Gasteiger partial charge is 0.494 e. The minimum absolute atomic E-state index is 0.0271. The molecule has 0 heterocycles. The lowest BCUT2D eigenvalue weighted by Crippen LogP contribution is -2.28. The maximum absolute atomic E-state index is 13.2. The highest BCUT2D eigenvalue weighted by molar-refractivity contribution is 5.32. The Morgan fingerprint density at radius 1 is 1.00 bits per heavy atom. The minimum Gasteiger partial charge on any atom is -0.494 e. The molecule has 0 radical (unpaired) electrons. The normalized spacial score (nSPS) is 20.8. The third-order valence-corrected chi connectivity index (χ3v) is 4.41. The van der Waals surface area contributed by atoms with Crippen molar-refractivity contribution in [1.82, 2.24) is 0 Å². The molecule has 22 heavy (non-hydrogen) atoms. The Labute approximate surface area is 131 Å². The monoisotopic (exact) mass is 296 g/mol. The summed E-state index contributed by atoms with van der Waals surface area (Å²) in [6.07, 6.45) is 8.83. The van der Waals surface area contributed by atoms with E-state index in [1.807, 2.05) is 42.5 Å². The lowest BCUT2D eigenvalue weighted by Gasteiger charge is -2.34. The molecule has 1 atom stereocenters. The van der Waals surface area contributed by atoms with Crippen molar-refractivity contribution in [1.29, 1.82) is 0 Å². The Morgan fingerprint density at radius 2 is 1.77 bits per heavy atom. The van der Waals surface area contributed by atoms with Crippen LogP contribution in [0.4, 0.5) is 4.39 Å². The van der Waals surface area contributed by atoms with Gasteiger partial charge >= 0.3 is 0 Å². The van der Waals surface area contributed by atoms with Crippen LogP contribution in [0.15, 0.2) is 66.7 Å². The number of rotatable bonds is 5. The lowest BCUT2D eigenvalue weighted by molar-refractivity contribution is 0.266. The molecular weight excluding hydrogens is 275 g/mol. The molecule has 0 fully saturated rings. The molecule has 0 saturated heterocycles. The van der Waals surface area contributed by atoms with Crippen molar-refractivity contribution < 1.29 is 9.13 Å². The van der Waals surface area contributed by atoms with E-state index in [9.17, 15) is 4.39 Å². The molecule has 1 unspecified atom stereocenters. The first-order valence-electron chi connectivity index (χ1n) is 7.90. The highest BCUT2D eigenvalue weighted by atomic mass is 19.1. The Hall–Kier alpha value is -2.09. The summed E-state index contributed by atoms with van der Waals surface area (Å²) in [4.78, 5) is 0. The van der Waals surface area contributed by atoms with Crippen LogP contribution in [0.25, 0.3) is 0 Å². The highest BCUT2D eigenvalue weighted by Gasteiger charge is 2.30. The fraction of sp³-hybridized carbons (Fsp3) is 0.300. The van der Waals surface area contributed by atoms with Crippen LogP contribution in [0, 0.1) is 5.82 Å². The van der Waals surface area contributed by atoms with E-state index in [0.717, 1.165) is 25.0 Å². The summed E-state index contributed by atoms with van der Waals surface area (Å²) in [6, 6.07) is 16.8. The smallest absolute Gasteiger partial charge is 0.123 e. The molecule has 2 aromatic rings. The minimum atomic E-state index is -0.181. The quantitative estimate of drug-likeness (QED) is 0.683. The Bertz CT molecular complexity index is 618. The van der Waals surface area contributed by atoms with Gasteiger partial charge in [-0.1, -0.05) is 42.5 Å². The summed E-state index contributed by atoms with van der Waals surface area (Å²) in [5, 5.41) is 0. The van der Waals surface area contributed by atoms with Crippen molar-refractivity contribution in [3.05, 3.63) is 78.1 Å². The first-order chi connectivity index (χ1) is 10.8. The van der Waals surface area contributed by atoms with E-state index in [2.05, 4.69) is 12.2 Å². The molecule has 114 valence electrons. The fourth-order valence-corrected chi connectivity index (χ4v) is 3.17. The second-order valence-corrected chi connectivity index (χ2v) is 5.87. The van der Waals surface area contributed by atoms with E-state index in [1.165, 1.54) is 12.0 Å². The van der Waals surface area contributed by atoms with E-state index in [1.54, 1.807) is 12.1 Å². The molecule has 0 bridgehead atoms. The molecule has 0 aliphatic heterocycles. The molecule has 0 saturated carbocycles. The van der Waals surface area contributed by atoms with Gasteiger partial charge in [-0.3, -0.25) is 0 Å². The molecule has 1 aliphatic rings. The Morgan fingerprint density at radius 3 is 2.45 bits per heavy atom.